The lowest BCUT2D eigenvalue weighted by molar-refractivity contribution is -0.137. The van der Waals surface area contributed by atoms with Crippen molar-refractivity contribution in [2.75, 3.05) is 4.90 Å². The molecule has 10 heteroatoms. The van der Waals surface area contributed by atoms with E-state index >= 15 is 0 Å². The molecule has 144 valence electrons. The van der Waals surface area contributed by atoms with E-state index in [2.05, 4.69) is 0 Å². The minimum Gasteiger partial charge on any atom is -0.507 e. The fourth-order valence-corrected chi connectivity index (χ4v) is 3.75. The van der Waals surface area contributed by atoms with E-state index in [1.54, 1.807) is 0 Å². The minimum absolute atomic E-state index is 0.133. The number of carboxylic acid groups (broad SMARTS) is 1. The van der Waals surface area contributed by atoms with Crippen LogP contribution in [0.1, 0.15) is 21.5 Å². The number of carbonyl (C=O) groups excluding carboxylic acids is 1. The summed E-state index contributed by atoms with van der Waals surface area (Å²) in [7, 11) is 0. The Bertz CT molecular complexity index is 1020. The number of benzene rings is 2. The molecule has 0 atom stereocenters. The van der Waals surface area contributed by atoms with Crippen LogP contribution in [0.2, 0.25) is 0 Å². The van der Waals surface area contributed by atoms with Gasteiger partial charge in [0.2, 0.25) is 0 Å². The van der Waals surface area contributed by atoms with Gasteiger partial charge in [0.15, 0.2) is 4.32 Å². The number of nitrogens with zero attached hydrogens (tertiary/aromatic N) is 1. The number of carbonyl (C=O) groups is 2. The van der Waals surface area contributed by atoms with E-state index in [0.717, 1.165) is 40.9 Å². The number of rotatable bonds is 3. The Hall–Kier alpha value is -2.85. The monoisotopic (exact) mass is 425 g/mol. The third-order valence-electron chi connectivity index (χ3n) is 3.80. The lowest BCUT2D eigenvalue weighted by Gasteiger charge is -2.15. The van der Waals surface area contributed by atoms with Crippen LogP contribution in [0.25, 0.3) is 6.08 Å². The van der Waals surface area contributed by atoms with Crippen LogP contribution >= 0.6 is 24.0 Å². The molecule has 1 aliphatic rings. The third-order valence-corrected chi connectivity index (χ3v) is 5.10. The molecule has 0 unspecified atom stereocenters. The van der Waals surface area contributed by atoms with Crippen molar-refractivity contribution in [3.05, 3.63) is 64.1 Å². The van der Waals surface area contributed by atoms with Gasteiger partial charge < -0.3 is 10.2 Å². The first kappa shape index (κ1) is 19.9. The summed E-state index contributed by atoms with van der Waals surface area (Å²) < 4.78 is 38.2. The predicted molar refractivity (Wildman–Crippen MR) is 102 cm³/mol. The maximum Gasteiger partial charge on any atom is 0.416 e. The molecule has 0 spiro atoms. The smallest absolute Gasteiger partial charge is 0.416 e. The van der Waals surface area contributed by atoms with E-state index in [1.807, 2.05) is 0 Å². The third kappa shape index (κ3) is 3.87. The second-order valence-electron chi connectivity index (χ2n) is 5.64. The van der Waals surface area contributed by atoms with E-state index in [4.69, 9.17) is 17.3 Å². The number of halogens is 3. The highest BCUT2D eigenvalue weighted by Crippen LogP contribution is 2.37. The quantitative estimate of drug-likeness (QED) is 0.556. The second kappa shape index (κ2) is 7.28. The number of thioether (sulfide) groups is 1. The Morgan fingerprint density at radius 2 is 1.79 bits per heavy atom. The van der Waals surface area contributed by atoms with E-state index in [0.29, 0.717) is 5.56 Å². The van der Waals surface area contributed by atoms with Crippen molar-refractivity contribution in [2.24, 2.45) is 0 Å². The number of aromatic carboxylic acids is 1. The summed E-state index contributed by atoms with van der Waals surface area (Å²) in [6, 6.07) is 7.83. The lowest BCUT2D eigenvalue weighted by atomic mass is 10.1. The Balaban J connectivity index is 1.91. The molecular weight excluding hydrogens is 415 g/mol. The van der Waals surface area contributed by atoms with Crippen LogP contribution in [-0.4, -0.2) is 26.4 Å². The molecule has 2 aromatic rings. The second-order valence-corrected chi connectivity index (χ2v) is 7.32. The molecule has 5 nitrogen and oxygen atoms in total. The van der Waals surface area contributed by atoms with Crippen molar-refractivity contribution in [3.8, 4) is 5.75 Å². The van der Waals surface area contributed by atoms with Crippen LogP contribution in [0.15, 0.2) is 47.4 Å². The van der Waals surface area contributed by atoms with E-state index in [-0.39, 0.29) is 20.5 Å². The van der Waals surface area contributed by atoms with Crippen molar-refractivity contribution < 1.29 is 33.0 Å². The number of amides is 1. The number of carboxylic acids is 1. The molecule has 1 heterocycles. The van der Waals surface area contributed by atoms with Crippen LogP contribution in [0.5, 0.6) is 5.75 Å². The van der Waals surface area contributed by atoms with Crippen molar-refractivity contribution in [2.45, 2.75) is 6.18 Å². The highest BCUT2D eigenvalue weighted by atomic mass is 32.2. The van der Waals surface area contributed by atoms with Crippen LogP contribution < -0.4 is 4.90 Å². The normalized spacial score (nSPS) is 16.1. The summed E-state index contributed by atoms with van der Waals surface area (Å²) in [6.45, 7) is 0. The van der Waals surface area contributed by atoms with Gasteiger partial charge in [-0.2, -0.15) is 13.2 Å². The van der Waals surface area contributed by atoms with E-state index in [9.17, 15) is 27.9 Å². The summed E-state index contributed by atoms with van der Waals surface area (Å²) >= 11 is 6.09. The van der Waals surface area contributed by atoms with Crippen LogP contribution in [-0.2, 0) is 11.0 Å². The molecule has 2 N–H and O–H groups in total. The molecule has 0 radical (unpaired) electrons. The topological polar surface area (TPSA) is 77.8 Å². The number of alkyl halides is 3. The first-order valence-electron chi connectivity index (χ1n) is 7.59. The summed E-state index contributed by atoms with van der Waals surface area (Å²) in [5.74, 6) is -2.29. The number of hydrogen-bond acceptors (Lipinski definition) is 5. The van der Waals surface area contributed by atoms with Crippen LogP contribution in [0, 0.1) is 0 Å². The zero-order chi connectivity index (χ0) is 20.6. The lowest BCUT2D eigenvalue weighted by Crippen LogP contribution is -2.27. The number of thiocarbonyl (C=S) groups is 1. The molecule has 0 aliphatic carbocycles. The Kier molecular flexibility index (Phi) is 5.18. The van der Waals surface area contributed by atoms with Crippen molar-refractivity contribution >= 4 is 51.9 Å². The summed E-state index contributed by atoms with van der Waals surface area (Å²) in [6.07, 6.45) is -3.09. The predicted octanol–water partition coefficient (Wildman–Crippen LogP) is 4.52. The fraction of sp³-hybridized carbons (Fsp3) is 0.0556. The van der Waals surface area contributed by atoms with Gasteiger partial charge in [0.05, 0.1) is 16.2 Å². The van der Waals surface area contributed by atoms with Gasteiger partial charge in [-0.1, -0.05) is 30.0 Å². The van der Waals surface area contributed by atoms with Gasteiger partial charge in [0.1, 0.15) is 11.3 Å². The van der Waals surface area contributed by atoms with E-state index in [1.165, 1.54) is 24.3 Å². The fourth-order valence-electron chi connectivity index (χ4n) is 2.46. The number of phenols is 1. The first-order chi connectivity index (χ1) is 13.1. The van der Waals surface area contributed by atoms with Gasteiger partial charge in [-0.25, -0.2) is 4.79 Å². The van der Waals surface area contributed by atoms with Gasteiger partial charge in [-0.3, -0.25) is 9.69 Å². The van der Waals surface area contributed by atoms with E-state index < -0.39 is 29.4 Å². The summed E-state index contributed by atoms with van der Waals surface area (Å²) in [5.41, 5.74) is -0.631. The molecule has 2 aromatic carbocycles. The van der Waals surface area contributed by atoms with Crippen LogP contribution in [0.4, 0.5) is 18.9 Å². The SMILES string of the molecule is O=C(O)c1cc(/C=C2\SC(=S)N(c3ccc(C(F)(F)F)cc3)C2=O)ccc1O. The molecule has 1 aliphatic heterocycles. The molecule has 0 aromatic heterocycles. The Morgan fingerprint density at radius 3 is 2.36 bits per heavy atom. The van der Waals surface area contributed by atoms with Crippen molar-refractivity contribution in [3.63, 3.8) is 0 Å². The molecule has 1 fully saturated rings. The molecular formula is C18H10F3NO4S2. The molecule has 28 heavy (non-hydrogen) atoms. The number of hydrogen-bond donors (Lipinski definition) is 2. The van der Waals surface area contributed by atoms with Crippen molar-refractivity contribution in [1.29, 1.82) is 0 Å². The van der Waals surface area contributed by atoms with Gasteiger partial charge >= 0.3 is 12.1 Å². The first-order valence-corrected chi connectivity index (χ1v) is 8.82. The zero-order valence-electron chi connectivity index (χ0n) is 13.7. The van der Waals surface area contributed by atoms with Gasteiger partial charge in [-0.15, -0.1) is 0 Å². The average Bonchev–Trinajstić information content (AvgIpc) is 2.89. The number of aromatic hydroxyl groups is 1. The molecule has 3 rings (SSSR count). The zero-order valence-corrected chi connectivity index (χ0v) is 15.4. The van der Waals surface area contributed by atoms with Gasteiger partial charge in [0, 0.05) is 0 Å². The van der Waals surface area contributed by atoms with Crippen molar-refractivity contribution in [1.82, 2.24) is 0 Å². The van der Waals surface area contributed by atoms with Crippen LogP contribution in [0.3, 0.4) is 0 Å². The summed E-state index contributed by atoms with van der Waals surface area (Å²) in [5, 5.41) is 18.6. The average molecular weight is 425 g/mol. The largest absolute Gasteiger partial charge is 0.507 e. The maximum atomic E-state index is 12.7. The molecule has 0 bridgehead atoms. The minimum atomic E-state index is -4.49. The van der Waals surface area contributed by atoms with Gasteiger partial charge in [-0.05, 0) is 48.0 Å². The summed E-state index contributed by atoms with van der Waals surface area (Å²) in [4.78, 5) is 25.0. The maximum absolute atomic E-state index is 12.7. The molecule has 1 saturated heterocycles. The molecule has 0 saturated carbocycles. The highest BCUT2D eigenvalue weighted by Gasteiger charge is 2.35. The van der Waals surface area contributed by atoms with Gasteiger partial charge in [0.25, 0.3) is 5.91 Å². The standard InChI is InChI=1S/C18H10F3NO4S2/c19-18(20,21)10-2-4-11(5-3-10)22-15(24)14(28-17(22)27)8-9-1-6-13(23)12(7-9)16(25)26/h1-8,23H,(H,25,26)/b14-8-. The Morgan fingerprint density at radius 1 is 1.14 bits per heavy atom. The number of anilines is 1. The molecule has 1 amide bonds. The highest BCUT2D eigenvalue weighted by molar-refractivity contribution is 8.27. The Labute approximate surface area is 166 Å².